The Labute approximate surface area is 100 Å². The Kier molecular flexibility index (Phi) is 3.09. The summed E-state index contributed by atoms with van der Waals surface area (Å²) in [5.41, 5.74) is 2.32. The Morgan fingerprint density at radius 1 is 1.35 bits per heavy atom. The summed E-state index contributed by atoms with van der Waals surface area (Å²) in [6, 6.07) is 7.46. The van der Waals surface area contributed by atoms with Crippen LogP contribution in [0.15, 0.2) is 24.3 Å². The number of hydrogen-bond donors (Lipinski definition) is 0. The summed E-state index contributed by atoms with van der Waals surface area (Å²) in [7, 11) is 1.61. The molecule has 0 fully saturated rings. The van der Waals surface area contributed by atoms with E-state index in [1.54, 1.807) is 7.11 Å². The summed E-state index contributed by atoms with van der Waals surface area (Å²) in [5.74, 6) is 0.983. The van der Waals surface area contributed by atoms with Gasteiger partial charge in [0.1, 0.15) is 11.3 Å². The minimum Gasteiger partial charge on any atom is -0.494 e. The second kappa shape index (κ2) is 4.53. The Morgan fingerprint density at radius 3 is 2.71 bits per heavy atom. The van der Waals surface area contributed by atoms with Gasteiger partial charge < -0.3 is 4.74 Å². The molecule has 0 saturated carbocycles. The van der Waals surface area contributed by atoms with Crippen molar-refractivity contribution in [3.63, 3.8) is 0 Å². The fraction of sp³-hybridized carbons (Fsp3) is 0.286. The van der Waals surface area contributed by atoms with Gasteiger partial charge in [-0.15, -0.1) is 0 Å². The van der Waals surface area contributed by atoms with Crippen molar-refractivity contribution in [3.8, 4) is 5.75 Å². The lowest BCUT2D eigenvalue weighted by Crippen LogP contribution is -1.98. The topological polar surface area (TPSA) is 39.2 Å². The maximum Gasteiger partial charge on any atom is 0.150 e. The zero-order valence-corrected chi connectivity index (χ0v) is 10.2. The quantitative estimate of drug-likeness (QED) is 0.759. The van der Waals surface area contributed by atoms with E-state index in [-0.39, 0.29) is 5.92 Å². The Bertz CT molecular complexity index is 561. The van der Waals surface area contributed by atoms with Crippen molar-refractivity contribution in [2.75, 3.05) is 7.11 Å². The molecule has 0 spiro atoms. The van der Waals surface area contributed by atoms with Crippen LogP contribution in [-0.4, -0.2) is 18.4 Å². The van der Waals surface area contributed by atoms with Gasteiger partial charge in [0.05, 0.1) is 7.11 Å². The Hall–Kier alpha value is -1.90. The van der Waals surface area contributed by atoms with E-state index in [4.69, 9.17) is 4.74 Å². The normalized spacial score (nSPS) is 10.8. The molecule has 0 amide bonds. The maximum atomic E-state index is 11.1. The summed E-state index contributed by atoms with van der Waals surface area (Å²) in [6.07, 6.45) is 0.870. The highest BCUT2D eigenvalue weighted by Gasteiger charge is 2.11. The Balaban J connectivity index is 2.82. The van der Waals surface area contributed by atoms with Crippen molar-refractivity contribution < 1.29 is 9.53 Å². The van der Waals surface area contributed by atoms with Crippen molar-refractivity contribution in [2.45, 2.75) is 19.8 Å². The molecule has 0 atom stereocenters. The molecule has 1 aromatic carbocycles. The fourth-order valence-corrected chi connectivity index (χ4v) is 1.83. The Morgan fingerprint density at radius 2 is 2.12 bits per heavy atom. The van der Waals surface area contributed by atoms with E-state index in [2.05, 4.69) is 18.8 Å². The predicted molar refractivity (Wildman–Crippen MR) is 67.8 cm³/mol. The second-order valence-electron chi connectivity index (χ2n) is 4.27. The lowest BCUT2D eigenvalue weighted by Gasteiger charge is -2.10. The molecule has 0 N–H and O–H groups in total. The summed E-state index contributed by atoms with van der Waals surface area (Å²) >= 11 is 0. The summed E-state index contributed by atoms with van der Waals surface area (Å²) in [6.45, 7) is 4.11. The van der Waals surface area contributed by atoms with Crippen molar-refractivity contribution in [1.29, 1.82) is 0 Å². The van der Waals surface area contributed by atoms with Gasteiger partial charge in [-0.1, -0.05) is 26.0 Å². The number of methoxy groups -OCH3 is 1. The highest BCUT2D eigenvalue weighted by Crippen LogP contribution is 2.28. The van der Waals surface area contributed by atoms with Crippen LogP contribution in [0.25, 0.3) is 10.9 Å². The molecule has 2 aromatic rings. The van der Waals surface area contributed by atoms with Crippen LogP contribution >= 0.6 is 0 Å². The van der Waals surface area contributed by atoms with E-state index >= 15 is 0 Å². The number of nitrogens with zero attached hydrogens (tertiary/aromatic N) is 1. The largest absolute Gasteiger partial charge is 0.494 e. The van der Waals surface area contributed by atoms with Gasteiger partial charge in [0.15, 0.2) is 6.29 Å². The zero-order valence-electron chi connectivity index (χ0n) is 10.2. The molecule has 0 aliphatic carbocycles. The molecule has 0 aliphatic heterocycles. The van der Waals surface area contributed by atoms with Crippen LogP contribution in [0.1, 0.15) is 35.8 Å². The molecular weight excluding hydrogens is 214 g/mol. The van der Waals surface area contributed by atoms with Crippen LogP contribution in [0.5, 0.6) is 5.75 Å². The van der Waals surface area contributed by atoms with E-state index in [0.29, 0.717) is 11.3 Å². The number of fused-ring (bicyclic) bond motifs is 1. The number of hydrogen-bond acceptors (Lipinski definition) is 3. The van der Waals surface area contributed by atoms with Crippen LogP contribution < -0.4 is 4.74 Å². The van der Waals surface area contributed by atoms with E-state index in [9.17, 15) is 4.79 Å². The third-order valence-electron chi connectivity index (χ3n) is 2.79. The van der Waals surface area contributed by atoms with Crippen LogP contribution in [0.4, 0.5) is 0 Å². The highest BCUT2D eigenvalue weighted by atomic mass is 16.5. The number of benzene rings is 1. The zero-order chi connectivity index (χ0) is 12.4. The lowest BCUT2D eigenvalue weighted by molar-refractivity contribution is 0.112. The van der Waals surface area contributed by atoms with Gasteiger partial charge in [-0.25, -0.2) is 4.98 Å². The SMILES string of the molecule is COc1cccc2c(C=O)cc(C(C)C)nc12. The van der Waals surface area contributed by atoms with Gasteiger partial charge in [-0.05, 0) is 18.1 Å². The number of aromatic nitrogens is 1. The minimum absolute atomic E-state index is 0.281. The molecular formula is C14H15NO2. The summed E-state index contributed by atoms with van der Waals surface area (Å²) < 4.78 is 5.28. The first-order valence-electron chi connectivity index (χ1n) is 5.60. The van der Waals surface area contributed by atoms with E-state index in [1.165, 1.54) is 0 Å². The first-order valence-corrected chi connectivity index (χ1v) is 5.60. The third kappa shape index (κ3) is 2.00. The molecule has 1 aromatic heterocycles. The van der Waals surface area contributed by atoms with Crippen molar-refractivity contribution in [2.24, 2.45) is 0 Å². The standard InChI is InChI=1S/C14H15NO2/c1-9(2)12-7-10(8-16)11-5-4-6-13(17-3)14(11)15-12/h4-9H,1-3H3. The molecule has 0 bridgehead atoms. The molecule has 0 unspecified atom stereocenters. The monoisotopic (exact) mass is 229 g/mol. The van der Waals surface area contributed by atoms with Crippen LogP contribution in [0, 0.1) is 0 Å². The van der Waals surface area contributed by atoms with Gasteiger partial charge in [0.2, 0.25) is 0 Å². The lowest BCUT2D eigenvalue weighted by atomic mass is 10.0. The molecule has 0 saturated heterocycles. The van der Waals surface area contributed by atoms with E-state index in [0.717, 1.165) is 22.9 Å². The van der Waals surface area contributed by atoms with E-state index < -0.39 is 0 Å². The molecule has 2 rings (SSSR count). The first-order chi connectivity index (χ1) is 8.17. The molecule has 17 heavy (non-hydrogen) atoms. The van der Waals surface area contributed by atoms with Crippen molar-refractivity contribution >= 4 is 17.2 Å². The second-order valence-corrected chi connectivity index (χ2v) is 4.27. The van der Waals surface area contributed by atoms with Gasteiger partial charge in [-0.3, -0.25) is 4.79 Å². The maximum absolute atomic E-state index is 11.1. The summed E-state index contributed by atoms with van der Waals surface area (Å²) in [4.78, 5) is 15.7. The molecule has 88 valence electrons. The molecule has 3 heteroatoms. The van der Waals surface area contributed by atoms with Crippen LogP contribution in [0.2, 0.25) is 0 Å². The number of aldehydes is 1. The number of para-hydroxylation sites is 1. The molecule has 1 heterocycles. The minimum atomic E-state index is 0.281. The average molecular weight is 229 g/mol. The molecule has 0 radical (unpaired) electrons. The smallest absolute Gasteiger partial charge is 0.150 e. The fourth-order valence-electron chi connectivity index (χ4n) is 1.83. The summed E-state index contributed by atoms with van der Waals surface area (Å²) in [5, 5.41) is 0.837. The van der Waals surface area contributed by atoms with Crippen molar-refractivity contribution in [1.82, 2.24) is 4.98 Å². The number of rotatable bonds is 3. The van der Waals surface area contributed by atoms with Gasteiger partial charge in [0, 0.05) is 16.6 Å². The van der Waals surface area contributed by atoms with Gasteiger partial charge in [-0.2, -0.15) is 0 Å². The van der Waals surface area contributed by atoms with Crippen molar-refractivity contribution in [3.05, 3.63) is 35.5 Å². The van der Waals surface area contributed by atoms with Crippen LogP contribution in [-0.2, 0) is 0 Å². The van der Waals surface area contributed by atoms with Gasteiger partial charge >= 0.3 is 0 Å². The predicted octanol–water partition coefficient (Wildman–Crippen LogP) is 3.18. The first kappa shape index (κ1) is 11.6. The number of carbonyl (C=O) groups is 1. The number of pyridine rings is 1. The number of carbonyl (C=O) groups excluding carboxylic acids is 1. The van der Waals surface area contributed by atoms with E-state index in [1.807, 2.05) is 24.3 Å². The average Bonchev–Trinajstić information content (AvgIpc) is 2.36. The third-order valence-corrected chi connectivity index (χ3v) is 2.79. The van der Waals surface area contributed by atoms with Gasteiger partial charge in [0.25, 0.3) is 0 Å². The number of ether oxygens (including phenoxy) is 1. The highest BCUT2D eigenvalue weighted by molar-refractivity contribution is 5.98. The molecule has 0 aliphatic rings. The molecule has 3 nitrogen and oxygen atoms in total. The van der Waals surface area contributed by atoms with Crippen LogP contribution in [0.3, 0.4) is 0 Å².